The van der Waals surface area contributed by atoms with Crippen LogP contribution in [0.1, 0.15) is 55.3 Å². The van der Waals surface area contributed by atoms with Gasteiger partial charge in [-0.1, -0.05) is 19.3 Å². The summed E-state index contributed by atoms with van der Waals surface area (Å²) in [4.78, 5) is 26.6. The maximum Gasteiger partial charge on any atom is 0.251 e. The quantitative estimate of drug-likeness (QED) is 0.771. The first-order valence-electron chi connectivity index (χ1n) is 10.1. The average molecular weight is 373 g/mol. The predicted molar refractivity (Wildman–Crippen MR) is 106 cm³/mol. The first-order chi connectivity index (χ1) is 13.1. The molecule has 1 heterocycles. The molecule has 2 aliphatic rings. The van der Waals surface area contributed by atoms with Gasteiger partial charge in [0.2, 0.25) is 5.91 Å². The van der Waals surface area contributed by atoms with E-state index in [1.54, 1.807) is 24.3 Å². The number of ether oxygens (including phenoxy) is 1. The van der Waals surface area contributed by atoms with Crippen LogP contribution < -0.4 is 10.6 Å². The van der Waals surface area contributed by atoms with Gasteiger partial charge in [0.05, 0.1) is 12.6 Å². The van der Waals surface area contributed by atoms with Crippen molar-refractivity contribution in [3.8, 4) is 0 Å². The smallest absolute Gasteiger partial charge is 0.251 e. The third kappa shape index (κ3) is 6.04. The number of nitrogens with one attached hydrogen (secondary N) is 2. The van der Waals surface area contributed by atoms with Gasteiger partial charge in [-0.2, -0.15) is 0 Å². The highest BCUT2D eigenvalue weighted by Gasteiger charge is 2.20. The van der Waals surface area contributed by atoms with Crippen molar-refractivity contribution < 1.29 is 14.3 Å². The first-order valence-corrected chi connectivity index (χ1v) is 10.1. The van der Waals surface area contributed by atoms with Crippen molar-refractivity contribution in [2.45, 2.75) is 57.1 Å². The molecule has 3 rings (SSSR count). The molecule has 6 heteroatoms. The van der Waals surface area contributed by atoms with Crippen molar-refractivity contribution in [1.29, 1.82) is 0 Å². The minimum Gasteiger partial charge on any atom is -0.376 e. The Morgan fingerprint density at radius 2 is 1.81 bits per heavy atom. The highest BCUT2D eigenvalue weighted by Crippen LogP contribution is 2.21. The monoisotopic (exact) mass is 373 g/mol. The largest absolute Gasteiger partial charge is 0.376 e. The summed E-state index contributed by atoms with van der Waals surface area (Å²) in [6.07, 6.45) is 8.38. The van der Waals surface area contributed by atoms with Crippen molar-refractivity contribution in [2.24, 2.45) is 0 Å². The summed E-state index contributed by atoms with van der Waals surface area (Å²) in [6.45, 7) is 1.73. The lowest BCUT2D eigenvalue weighted by Crippen LogP contribution is -2.39. The standard InChI is InChI=1S/C21H31N3O3/c1-24(18-6-3-2-4-7-18)15-20(25)23-17-11-9-16(10-12-17)21(26)22-14-19-8-5-13-27-19/h9-12,18-19H,2-8,13-15H2,1H3,(H,22,26)(H,23,25). The average Bonchev–Trinajstić information content (AvgIpc) is 3.21. The number of benzene rings is 1. The number of rotatable bonds is 7. The molecule has 2 fully saturated rings. The van der Waals surface area contributed by atoms with Gasteiger partial charge in [0.15, 0.2) is 0 Å². The number of anilines is 1. The van der Waals surface area contributed by atoms with Crippen LogP contribution in [-0.4, -0.2) is 55.6 Å². The van der Waals surface area contributed by atoms with Gasteiger partial charge in [-0.05, 0) is 57.0 Å². The fourth-order valence-corrected chi connectivity index (χ4v) is 3.90. The van der Waals surface area contributed by atoms with Crippen molar-refractivity contribution >= 4 is 17.5 Å². The van der Waals surface area contributed by atoms with E-state index in [2.05, 4.69) is 15.5 Å². The van der Waals surface area contributed by atoms with Crippen LogP contribution in [0.3, 0.4) is 0 Å². The lowest BCUT2D eigenvalue weighted by molar-refractivity contribution is -0.117. The molecule has 1 aliphatic carbocycles. The zero-order chi connectivity index (χ0) is 19.1. The maximum atomic E-state index is 12.3. The van der Waals surface area contributed by atoms with Gasteiger partial charge >= 0.3 is 0 Å². The first kappa shape index (κ1) is 19.8. The van der Waals surface area contributed by atoms with E-state index in [-0.39, 0.29) is 17.9 Å². The van der Waals surface area contributed by atoms with Crippen LogP contribution in [0, 0.1) is 0 Å². The van der Waals surface area contributed by atoms with Crippen molar-refractivity contribution in [3.05, 3.63) is 29.8 Å². The molecule has 1 saturated carbocycles. The number of carbonyl (C=O) groups excluding carboxylic acids is 2. The Hall–Kier alpha value is -1.92. The van der Waals surface area contributed by atoms with Crippen molar-refractivity contribution in [3.63, 3.8) is 0 Å². The van der Waals surface area contributed by atoms with Crippen LogP contribution in [0.15, 0.2) is 24.3 Å². The van der Waals surface area contributed by atoms with E-state index >= 15 is 0 Å². The number of hydrogen-bond acceptors (Lipinski definition) is 4. The van der Waals surface area contributed by atoms with E-state index in [0.29, 0.717) is 30.4 Å². The Labute approximate surface area is 161 Å². The van der Waals surface area contributed by atoms with E-state index in [9.17, 15) is 9.59 Å². The Morgan fingerprint density at radius 3 is 2.48 bits per heavy atom. The minimum absolute atomic E-state index is 0.0151. The third-order valence-corrected chi connectivity index (χ3v) is 5.54. The van der Waals surface area contributed by atoms with Crippen molar-refractivity contribution in [1.82, 2.24) is 10.2 Å². The SMILES string of the molecule is CN(CC(=O)Nc1ccc(C(=O)NCC2CCCO2)cc1)C1CCCCC1. The molecule has 0 spiro atoms. The summed E-state index contributed by atoms with van der Waals surface area (Å²) in [5, 5.41) is 5.83. The van der Waals surface area contributed by atoms with E-state index in [4.69, 9.17) is 4.74 Å². The van der Waals surface area contributed by atoms with Gasteiger partial charge in [0.1, 0.15) is 0 Å². The molecular weight excluding hydrogens is 342 g/mol. The topological polar surface area (TPSA) is 70.7 Å². The fraction of sp³-hybridized carbons (Fsp3) is 0.619. The van der Waals surface area contributed by atoms with Crippen molar-refractivity contribution in [2.75, 3.05) is 32.1 Å². The van der Waals surface area contributed by atoms with Crippen LogP contribution >= 0.6 is 0 Å². The Kier molecular flexibility index (Phi) is 7.24. The molecule has 1 aliphatic heterocycles. The van der Waals surface area contributed by atoms with Crippen LogP contribution in [0.4, 0.5) is 5.69 Å². The summed E-state index contributed by atoms with van der Waals surface area (Å²) in [5.41, 5.74) is 1.30. The van der Waals surface area contributed by atoms with Gasteiger partial charge < -0.3 is 15.4 Å². The predicted octanol–water partition coefficient (Wildman–Crippen LogP) is 2.80. The number of amides is 2. The number of carbonyl (C=O) groups is 2. The molecule has 1 saturated heterocycles. The molecule has 2 N–H and O–H groups in total. The minimum atomic E-state index is -0.111. The Morgan fingerprint density at radius 1 is 1.07 bits per heavy atom. The lowest BCUT2D eigenvalue weighted by Gasteiger charge is -2.30. The van der Waals surface area contributed by atoms with Gasteiger partial charge in [-0.25, -0.2) is 0 Å². The van der Waals surface area contributed by atoms with Crippen LogP contribution in [0.5, 0.6) is 0 Å². The Balaban J connectivity index is 1.43. The fourth-order valence-electron chi connectivity index (χ4n) is 3.90. The number of likely N-dealkylation sites (N-methyl/N-ethyl adjacent to an activating group) is 1. The number of nitrogens with zero attached hydrogens (tertiary/aromatic N) is 1. The summed E-state index contributed by atoms with van der Waals surface area (Å²) in [5.74, 6) is -0.126. The lowest BCUT2D eigenvalue weighted by atomic mass is 9.94. The van der Waals surface area contributed by atoms with E-state index in [1.807, 2.05) is 7.05 Å². The van der Waals surface area contributed by atoms with Crippen LogP contribution in [-0.2, 0) is 9.53 Å². The summed E-state index contributed by atoms with van der Waals surface area (Å²) < 4.78 is 5.51. The van der Waals surface area contributed by atoms with Gasteiger partial charge in [-0.15, -0.1) is 0 Å². The number of hydrogen-bond donors (Lipinski definition) is 2. The summed E-state index contributed by atoms with van der Waals surface area (Å²) in [6, 6.07) is 7.55. The van der Waals surface area contributed by atoms with Gasteiger partial charge in [0.25, 0.3) is 5.91 Å². The van der Waals surface area contributed by atoms with E-state index in [1.165, 1.54) is 32.1 Å². The molecule has 0 aromatic heterocycles. The zero-order valence-corrected chi connectivity index (χ0v) is 16.2. The molecule has 1 aromatic rings. The molecule has 2 amide bonds. The molecule has 1 aromatic carbocycles. The summed E-state index contributed by atoms with van der Waals surface area (Å²) in [7, 11) is 2.02. The highest BCUT2D eigenvalue weighted by molar-refractivity contribution is 5.96. The molecule has 27 heavy (non-hydrogen) atoms. The molecule has 1 unspecified atom stereocenters. The second kappa shape index (κ2) is 9.85. The molecule has 6 nitrogen and oxygen atoms in total. The van der Waals surface area contributed by atoms with Crippen LogP contribution in [0.25, 0.3) is 0 Å². The second-order valence-corrected chi connectivity index (χ2v) is 7.68. The maximum absolute atomic E-state index is 12.3. The molecule has 148 valence electrons. The normalized spacial score (nSPS) is 20.6. The van der Waals surface area contributed by atoms with E-state index in [0.717, 1.165) is 19.4 Å². The van der Waals surface area contributed by atoms with Crippen LogP contribution in [0.2, 0.25) is 0 Å². The van der Waals surface area contributed by atoms with Gasteiger partial charge in [-0.3, -0.25) is 14.5 Å². The van der Waals surface area contributed by atoms with E-state index < -0.39 is 0 Å². The molecule has 0 radical (unpaired) electrons. The Bertz CT molecular complexity index is 620. The molecule has 1 atom stereocenters. The summed E-state index contributed by atoms with van der Waals surface area (Å²) >= 11 is 0. The zero-order valence-electron chi connectivity index (χ0n) is 16.2. The van der Waals surface area contributed by atoms with Gasteiger partial charge in [0, 0.05) is 30.4 Å². The second-order valence-electron chi connectivity index (χ2n) is 7.68. The molecule has 0 bridgehead atoms. The highest BCUT2D eigenvalue weighted by atomic mass is 16.5. The third-order valence-electron chi connectivity index (χ3n) is 5.54. The molecular formula is C21H31N3O3.